The van der Waals surface area contributed by atoms with Gasteiger partial charge in [0.25, 0.3) is 0 Å². The van der Waals surface area contributed by atoms with Crippen LogP contribution < -0.4 is 20.1 Å². The molecule has 2 aromatic rings. The Morgan fingerprint density at radius 3 is 2.62 bits per heavy atom. The van der Waals surface area contributed by atoms with Gasteiger partial charge >= 0.3 is 0 Å². The molecule has 6 nitrogen and oxygen atoms in total. The molecule has 1 aromatic carbocycles. The third-order valence-corrected chi connectivity index (χ3v) is 2.88. The molecule has 0 saturated carbocycles. The quantitative estimate of drug-likeness (QED) is 0.851. The van der Waals surface area contributed by atoms with Gasteiger partial charge in [0, 0.05) is 13.6 Å². The fraction of sp³-hybridized carbons (Fsp3) is 0.286. The maximum absolute atomic E-state index is 13.6. The summed E-state index contributed by atoms with van der Waals surface area (Å²) in [6.07, 6.45) is 1.12. The maximum Gasteiger partial charge on any atom is 0.224 e. The molecule has 0 atom stereocenters. The van der Waals surface area contributed by atoms with Crippen LogP contribution in [0.2, 0.25) is 0 Å². The van der Waals surface area contributed by atoms with E-state index in [9.17, 15) is 4.39 Å². The van der Waals surface area contributed by atoms with Crippen LogP contribution in [-0.4, -0.2) is 31.2 Å². The molecule has 0 saturated heterocycles. The summed E-state index contributed by atoms with van der Waals surface area (Å²) in [6.45, 7) is 0.400. The number of hydrogen-bond acceptors (Lipinski definition) is 6. The number of hydrogen-bond donors (Lipinski definition) is 2. The van der Waals surface area contributed by atoms with Gasteiger partial charge in [0.05, 0.1) is 20.4 Å². The molecule has 0 spiro atoms. The zero-order chi connectivity index (χ0) is 15.2. The smallest absolute Gasteiger partial charge is 0.224 e. The van der Waals surface area contributed by atoms with E-state index in [0.717, 1.165) is 11.8 Å². The third-order valence-electron chi connectivity index (χ3n) is 2.88. The lowest BCUT2D eigenvalue weighted by Crippen LogP contribution is -2.07. The number of ether oxygens (including phenoxy) is 2. The number of anilines is 2. The Hall–Kier alpha value is -2.57. The SMILES string of the molecule is CNc1ncc(F)c(NCc2ccc(OC)c(OC)c2)n1. The highest BCUT2D eigenvalue weighted by Crippen LogP contribution is 2.27. The van der Waals surface area contributed by atoms with Gasteiger partial charge in [-0.15, -0.1) is 0 Å². The fourth-order valence-corrected chi connectivity index (χ4v) is 1.79. The summed E-state index contributed by atoms with van der Waals surface area (Å²) in [6, 6.07) is 5.49. The summed E-state index contributed by atoms with van der Waals surface area (Å²) in [7, 11) is 4.81. The van der Waals surface area contributed by atoms with E-state index in [4.69, 9.17) is 9.47 Å². The zero-order valence-electron chi connectivity index (χ0n) is 12.1. The first-order valence-electron chi connectivity index (χ1n) is 6.33. The second kappa shape index (κ2) is 6.74. The molecule has 0 fully saturated rings. The van der Waals surface area contributed by atoms with Crippen molar-refractivity contribution in [3.63, 3.8) is 0 Å². The standard InChI is InChI=1S/C14H17FN4O2/c1-16-14-18-8-10(15)13(19-14)17-7-9-4-5-11(20-2)12(6-9)21-3/h4-6,8H,7H2,1-3H3,(H2,16,17,18,19). The van der Waals surface area contributed by atoms with E-state index >= 15 is 0 Å². The summed E-state index contributed by atoms with van der Waals surface area (Å²) in [5, 5.41) is 5.69. The molecule has 0 aliphatic heterocycles. The van der Waals surface area contributed by atoms with Gasteiger partial charge in [-0.3, -0.25) is 0 Å². The molecule has 0 aliphatic carbocycles. The topological polar surface area (TPSA) is 68.3 Å². The predicted molar refractivity (Wildman–Crippen MR) is 78.4 cm³/mol. The third kappa shape index (κ3) is 3.50. The van der Waals surface area contributed by atoms with Crippen LogP contribution in [0.3, 0.4) is 0 Å². The van der Waals surface area contributed by atoms with Gasteiger partial charge in [0.15, 0.2) is 23.1 Å². The van der Waals surface area contributed by atoms with E-state index in [1.807, 2.05) is 12.1 Å². The maximum atomic E-state index is 13.6. The molecule has 2 N–H and O–H groups in total. The first kappa shape index (κ1) is 14.8. The van der Waals surface area contributed by atoms with E-state index in [-0.39, 0.29) is 5.82 Å². The second-order valence-corrected chi connectivity index (χ2v) is 4.18. The lowest BCUT2D eigenvalue weighted by Gasteiger charge is -2.11. The average molecular weight is 292 g/mol. The predicted octanol–water partition coefficient (Wildman–Crippen LogP) is 2.29. The van der Waals surface area contributed by atoms with Crippen molar-refractivity contribution in [1.82, 2.24) is 9.97 Å². The van der Waals surface area contributed by atoms with E-state index < -0.39 is 5.82 Å². The summed E-state index contributed by atoms with van der Waals surface area (Å²) in [5.41, 5.74) is 0.914. The monoisotopic (exact) mass is 292 g/mol. The summed E-state index contributed by atoms with van der Waals surface area (Å²) < 4.78 is 24.0. The minimum atomic E-state index is -0.505. The minimum Gasteiger partial charge on any atom is -0.493 e. The van der Waals surface area contributed by atoms with Crippen molar-refractivity contribution in [2.75, 3.05) is 31.9 Å². The lowest BCUT2D eigenvalue weighted by molar-refractivity contribution is 0.354. The van der Waals surface area contributed by atoms with Crippen LogP contribution in [0.15, 0.2) is 24.4 Å². The Kier molecular flexibility index (Phi) is 4.76. The molecule has 0 aliphatic rings. The number of rotatable bonds is 6. The van der Waals surface area contributed by atoms with Gasteiger partial charge in [-0.1, -0.05) is 6.07 Å². The molecular formula is C14H17FN4O2. The Balaban J connectivity index is 2.13. The highest BCUT2D eigenvalue weighted by atomic mass is 19.1. The second-order valence-electron chi connectivity index (χ2n) is 4.18. The van der Waals surface area contributed by atoms with Crippen LogP contribution in [0.25, 0.3) is 0 Å². The van der Waals surface area contributed by atoms with Gasteiger partial charge in [0.2, 0.25) is 5.95 Å². The molecule has 7 heteroatoms. The average Bonchev–Trinajstić information content (AvgIpc) is 2.53. The van der Waals surface area contributed by atoms with Crippen LogP contribution in [0, 0.1) is 5.82 Å². The lowest BCUT2D eigenvalue weighted by atomic mass is 10.2. The number of benzene rings is 1. The van der Waals surface area contributed by atoms with Gasteiger partial charge in [0.1, 0.15) is 0 Å². The van der Waals surface area contributed by atoms with E-state index in [0.29, 0.717) is 24.0 Å². The first-order valence-corrected chi connectivity index (χ1v) is 6.33. The normalized spacial score (nSPS) is 10.1. The van der Waals surface area contributed by atoms with Crippen LogP contribution in [0.4, 0.5) is 16.2 Å². The fourth-order valence-electron chi connectivity index (χ4n) is 1.79. The molecule has 0 bridgehead atoms. The molecule has 1 aromatic heterocycles. The highest BCUT2D eigenvalue weighted by molar-refractivity contribution is 5.45. The highest BCUT2D eigenvalue weighted by Gasteiger charge is 2.08. The van der Waals surface area contributed by atoms with Gasteiger partial charge < -0.3 is 20.1 Å². The van der Waals surface area contributed by atoms with E-state index in [2.05, 4.69) is 20.6 Å². The van der Waals surface area contributed by atoms with Crippen LogP contribution in [0.1, 0.15) is 5.56 Å². The number of nitrogens with zero attached hydrogens (tertiary/aromatic N) is 2. The van der Waals surface area contributed by atoms with Crippen molar-refractivity contribution in [3.8, 4) is 11.5 Å². The van der Waals surface area contributed by atoms with Gasteiger partial charge in [-0.05, 0) is 17.7 Å². The molecule has 112 valence electrons. The molecule has 21 heavy (non-hydrogen) atoms. The van der Waals surface area contributed by atoms with E-state index in [1.54, 1.807) is 27.3 Å². The van der Waals surface area contributed by atoms with Crippen molar-refractivity contribution in [2.45, 2.75) is 6.54 Å². The number of aromatic nitrogens is 2. The Bertz CT molecular complexity index is 622. The van der Waals surface area contributed by atoms with Crippen molar-refractivity contribution in [1.29, 1.82) is 0 Å². The van der Waals surface area contributed by atoms with Crippen molar-refractivity contribution >= 4 is 11.8 Å². The Morgan fingerprint density at radius 2 is 1.95 bits per heavy atom. The molecule has 0 amide bonds. The number of nitrogens with one attached hydrogen (secondary N) is 2. The van der Waals surface area contributed by atoms with Crippen molar-refractivity contribution in [3.05, 3.63) is 35.8 Å². The van der Waals surface area contributed by atoms with Gasteiger partial charge in [-0.2, -0.15) is 4.98 Å². The Labute approximate surface area is 122 Å². The first-order chi connectivity index (χ1) is 10.2. The van der Waals surface area contributed by atoms with Crippen LogP contribution >= 0.6 is 0 Å². The molecule has 0 radical (unpaired) electrons. The largest absolute Gasteiger partial charge is 0.493 e. The zero-order valence-corrected chi connectivity index (χ0v) is 12.1. The van der Waals surface area contributed by atoms with Crippen LogP contribution in [0.5, 0.6) is 11.5 Å². The number of halogens is 1. The molecule has 2 rings (SSSR count). The van der Waals surface area contributed by atoms with Crippen molar-refractivity contribution < 1.29 is 13.9 Å². The summed E-state index contributed by atoms with van der Waals surface area (Å²) >= 11 is 0. The molecular weight excluding hydrogens is 275 g/mol. The molecule has 0 unspecified atom stereocenters. The summed E-state index contributed by atoms with van der Waals surface area (Å²) in [5.74, 6) is 1.26. The van der Waals surface area contributed by atoms with Crippen molar-refractivity contribution in [2.24, 2.45) is 0 Å². The minimum absolute atomic E-state index is 0.143. The number of methoxy groups -OCH3 is 2. The van der Waals surface area contributed by atoms with Gasteiger partial charge in [-0.25, -0.2) is 9.37 Å². The Morgan fingerprint density at radius 1 is 1.19 bits per heavy atom. The van der Waals surface area contributed by atoms with Crippen LogP contribution in [-0.2, 0) is 6.54 Å². The summed E-state index contributed by atoms with van der Waals surface area (Å²) in [4.78, 5) is 7.81. The van der Waals surface area contributed by atoms with E-state index in [1.165, 1.54) is 0 Å². The molecule has 1 heterocycles.